The molecule has 0 atom stereocenters. The maximum absolute atomic E-state index is 4.39. The average molecular weight is 228 g/mol. The van der Waals surface area contributed by atoms with Crippen molar-refractivity contribution in [1.29, 1.82) is 0 Å². The normalized spacial score (nSPS) is 17.3. The molecule has 0 saturated heterocycles. The maximum atomic E-state index is 4.39. The lowest BCUT2D eigenvalue weighted by Gasteiger charge is -2.01. The number of hydrogen-bond acceptors (Lipinski definition) is 0. The Labute approximate surface area is 91.2 Å². The van der Waals surface area contributed by atoms with Gasteiger partial charge in [-0.05, 0) is 27.6 Å². The summed E-state index contributed by atoms with van der Waals surface area (Å²) in [5.41, 5.74) is 1.31. The van der Waals surface area contributed by atoms with Crippen LogP contribution in [0.2, 0.25) is 0 Å². The highest BCUT2D eigenvalue weighted by Gasteiger charge is 2.06. The second kappa shape index (κ2) is 7.43. The van der Waals surface area contributed by atoms with Crippen LogP contribution in [-0.4, -0.2) is 0 Å². The molecule has 1 heterocycles. The molecule has 0 bridgehead atoms. The topological polar surface area (TPSA) is 14.1 Å². The van der Waals surface area contributed by atoms with Crippen molar-refractivity contribution >= 4 is 15.9 Å². The first-order valence-electron chi connectivity index (χ1n) is 5.66. The highest BCUT2D eigenvalue weighted by Crippen LogP contribution is 2.37. The van der Waals surface area contributed by atoms with E-state index in [9.17, 15) is 0 Å². The third-order valence-corrected chi connectivity index (χ3v) is 5.07. The van der Waals surface area contributed by atoms with Gasteiger partial charge in [-0.25, -0.2) is 5.09 Å². The van der Waals surface area contributed by atoms with Gasteiger partial charge in [0.25, 0.3) is 0 Å². The Morgan fingerprint density at radius 2 is 1.79 bits per heavy atom. The molecule has 0 unspecified atom stereocenters. The summed E-state index contributed by atoms with van der Waals surface area (Å²) in [4.78, 5) is 0. The van der Waals surface area contributed by atoms with Gasteiger partial charge in [-0.2, -0.15) is 0 Å². The summed E-state index contributed by atoms with van der Waals surface area (Å²) in [6.45, 7) is 4.42. The molecule has 0 aromatic carbocycles. The number of hydrogen-bond donors (Lipinski definition) is 0. The summed E-state index contributed by atoms with van der Waals surface area (Å²) in [7, 11) is 2.69. The molecular formula is C11H20NP2. The molecule has 1 radical (unpaired) electrons. The Kier molecular flexibility index (Phi) is 6.48. The van der Waals surface area contributed by atoms with Crippen LogP contribution >= 0.6 is 15.9 Å². The molecule has 0 aromatic heterocycles. The second-order valence-corrected chi connectivity index (χ2v) is 6.09. The molecule has 1 aliphatic rings. The van der Waals surface area contributed by atoms with Crippen molar-refractivity contribution in [2.45, 2.75) is 58.8 Å². The van der Waals surface area contributed by atoms with E-state index >= 15 is 0 Å². The third-order valence-electron chi connectivity index (χ3n) is 2.54. The van der Waals surface area contributed by atoms with Crippen molar-refractivity contribution in [3.63, 3.8) is 0 Å². The van der Waals surface area contributed by atoms with Crippen molar-refractivity contribution in [3.05, 3.63) is 11.0 Å². The van der Waals surface area contributed by atoms with Crippen molar-refractivity contribution in [1.82, 2.24) is 5.09 Å². The Balaban J connectivity index is 1.99. The first-order valence-corrected chi connectivity index (χ1v) is 8.11. The fourth-order valence-electron chi connectivity index (χ4n) is 1.58. The largest absolute Gasteiger partial charge is 0.227 e. The van der Waals surface area contributed by atoms with E-state index in [0.29, 0.717) is 0 Å². The minimum atomic E-state index is 1.24. The Bertz CT molecular complexity index is 221. The lowest BCUT2D eigenvalue weighted by molar-refractivity contribution is 0.609. The molecule has 1 aliphatic heterocycles. The zero-order valence-corrected chi connectivity index (χ0v) is 11.1. The van der Waals surface area contributed by atoms with Gasteiger partial charge in [-0.3, -0.25) is 0 Å². The first kappa shape index (κ1) is 12.2. The van der Waals surface area contributed by atoms with E-state index in [2.05, 4.69) is 18.9 Å². The summed E-state index contributed by atoms with van der Waals surface area (Å²) in [6.07, 6.45) is 9.67. The van der Waals surface area contributed by atoms with Gasteiger partial charge >= 0.3 is 0 Å². The minimum absolute atomic E-state index is 1.24. The Morgan fingerprint density at radius 3 is 2.43 bits per heavy atom. The zero-order chi connectivity index (χ0) is 10.2. The van der Waals surface area contributed by atoms with E-state index in [4.69, 9.17) is 0 Å². The van der Waals surface area contributed by atoms with E-state index in [1.54, 1.807) is 5.31 Å². The van der Waals surface area contributed by atoms with Crippen LogP contribution < -0.4 is 5.09 Å². The highest BCUT2D eigenvalue weighted by atomic mass is 31.7. The molecule has 0 spiro atoms. The van der Waals surface area contributed by atoms with Gasteiger partial charge in [0, 0.05) is 5.31 Å². The van der Waals surface area contributed by atoms with Crippen LogP contribution in [0.15, 0.2) is 11.0 Å². The molecule has 0 amide bonds. The molecular weight excluding hydrogens is 208 g/mol. The number of rotatable bonds is 7. The first-order chi connectivity index (χ1) is 6.84. The molecule has 0 saturated carbocycles. The summed E-state index contributed by atoms with van der Waals surface area (Å²) >= 11 is 0. The van der Waals surface area contributed by atoms with Crippen molar-refractivity contribution in [2.75, 3.05) is 0 Å². The van der Waals surface area contributed by atoms with Gasteiger partial charge in [0.2, 0.25) is 0 Å². The quantitative estimate of drug-likeness (QED) is 0.414. The smallest absolute Gasteiger partial charge is 0.0699 e. The van der Waals surface area contributed by atoms with Crippen LogP contribution in [-0.2, 0) is 0 Å². The lowest BCUT2D eigenvalue weighted by Crippen LogP contribution is -1.86. The predicted molar refractivity (Wildman–Crippen MR) is 66.7 cm³/mol. The van der Waals surface area contributed by atoms with Gasteiger partial charge in [-0.1, -0.05) is 39.0 Å². The van der Waals surface area contributed by atoms with Gasteiger partial charge < -0.3 is 0 Å². The standard InChI is InChI=1S/C11H20NP2/c1-3-4-5-6-7-8-9-11-10(2)12-14-13-11/h3-9H2,1-2H3. The Morgan fingerprint density at radius 1 is 1.07 bits per heavy atom. The van der Waals surface area contributed by atoms with Crippen LogP contribution in [0.1, 0.15) is 58.8 Å². The number of nitrogens with zero attached hydrogens (tertiary/aromatic N) is 1. The number of unbranched alkanes of at least 4 members (excludes halogenated alkanes) is 5. The lowest BCUT2D eigenvalue weighted by atomic mass is 10.1. The van der Waals surface area contributed by atoms with Gasteiger partial charge in [-0.15, -0.1) is 0 Å². The summed E-state index contributed by atoms with van der Waals surface area (Å²) in [5, 5.41) is 5.97. The van der Waals surface area contributed by atoms with E-state index in [0.717, 1.165) is 0 Å². The van der Waals surface area contributed by atoms with Crippen LogP contribution in [0.3, 0.4) is 0 Å². The van der Waals surface area contributed by atoms with E-state index in [-0.39, 0.29) is 0 Å². The molecule has 1 rings (SSSR count). The van der Waals surface area contributed by atoms with Gasteiger partial charge in [0.05, 0.1) is 13.7 Å². The maximum Gasteiger partial charge on any atom is 0.0699 e. The van der Waals surface area contributed by atoms with Crippen LogP contribution in [0.4, 0.5) is 0 Å². The van der Waals surface area contributed by atoms with E-state index < -0.39 is 0 Å². The summed E-state index contributed by atoms with van der Waals surface area (Å²) < 4.78 is 0. The van der Waals surface area contributed by atoms with Gasteiger partial charge in [0.1, 0.15) is 0 Å². The highest BCUT2D eigenvalue weighted by molar-refractivity contribution is 7.85. The predicted octanol–water partition coefficient (Wildman–Crippen LogP) is 5.31. The number of allylic oxidation sites excluding steroid dienone is 2. The summed E-state index contributed by atoms with van der Waals surface area (Å²) in [6, 6.07) is 0. The fourth-order valence-corrected chi connectivity index (χ4v) is 4.11. The molecule has 0 N–H and O–H groups in total. The molecule has 14 heavy (non-hydrogen) atoms. The molecule has 0 aliphatic carbocycles. The fraction of sp³-hybridized carbons (Fsp3) is 0.818. The minimum Gasteiger partial charge on any atom is -0.227 e. The van der Waals surface area contributed by atoms with Crippen molar-refractivity contribution in [3.8, 4) is 0 Å². The van der Waals surface area contributed by atoms with Gasteiger partial charge in [0.15, 0.2) is 0 Å². The monoisotopic (exact) mass is 228 g/mol. The van der Waals surface area contributed by atoms with Crippen molar-refractivity contribution in [2.24, 2.45) is 0 Å². The van der Waals surface area contributed by atoms with E-state index in [1.807, 2.05) is 0 Å². The Hall–Kier alpha value is 0.140. The van der Waals surface area contributed by atoms with E-state index in [1.165, 1.54) is 66.5 Å². The second-order valence-electron chi connectivity index (χ2n) is 3.84. The molecule has 0 aromatic rings. The molecule has 79 valence electrons. The van der Waals surface area contributed by atoms with Crippen molar-refractivity contribution < 1.29 is 0 Å². The van der Waals surface area contributed by atoms with Crippen LogP contribution in [0.25, 0.3) is 0 Å². The SMILES string of the molecule is CCCCCCCCC1=C(C)[N]P=P1. The zero-order valence-electron chi connectivity index (χ0n) is 9.29. The van der Waals surface area contributed by atoms with Crippen LogP contribution in [0, 0.1) is 0 Å². The average Bonchev–Trinajstić information content (AvgIpc) is 2.58. The van der Waals surface area contributed by atoms with Crippen LogP contribution in [0.5, 0.6) is 0 Å². The molecule has 1 nitrogen and oxygen atoms in total. The molecule has 3 heteroatoms. The molecule has 0 fully saturated rings. The third kappa shape index (κ3) is 4.58. The summed E-state index contributed by atoms with van der Waals surface area (Å²) in [5.74, 6) is 0.